The van der Waals surface area contributed by atoms with E-state index in [-0.39, 0.29) is 27.7 Å². The van der Waals surface area contributed by atoms with E-state index in [0.29, 0.717) is 25.3 Å². The molecule has 1 aliphatic rings. The lowest BCUT2D eigenvalue weighted by Crippen LogP contribution is -2.45. The number of likely N-dealkylation sites (tertiary alicyclic amines) is 1. The summed E-state index contributed by atoms with van der Waals surface area (Å²) in [6.07, 6.45) is 2.32. The number of hydrogen-bond donors (Lipinski definition) is 2. The minimum atomic E-state index is -0.524. The Morgan fingerprint density at radius 3 is 2.66 bits per heavy atom. The van der Waals surface area contributed by atoms with Crippen LogP contribution >= 0.6 is 11.3 Å². The van der Waals surface area contributed by atoms with Crippen molar-refractivity contribution in [3.05, 3.63) is 40.1 Å². The summed E-state index contributed by atoms with van der Waals surface area (Å²) in [5, 5.41) is 13.2. The zero-order valence-corrected chi connectivity index (χ0v) is 16.8. The molecule has 0 bridgehead atoms. The van der Waals surface area contributed by atoms with Gasteiger partial charge in [0, 0.05) is 25.3 Å². The molecule has 0 aliphatic carbocycles. The topological polar surface area (TPSA) is 104 Å². The van der Waals surface area contributed by atoms with Crippen molar-refractivity contribution in [2.24, 2.45) is 5.92 Å². The quantitative estimate of drug-likeness (QED) is 0.748. The number of rotatable bonds is 6. The molecule has 1 atom stereocenters. The van der Waals surface area contributed by atoms with Crippen molar-refractivity contribution in [2.45, 2.75) is 26.2 Å². The van der Waals surface area contributed by atoms with Crippen molar-refractivity contribution < 1.29 is 18.8 Å². The summed E-state index contributed by atoms with van der Waals surface area (Å²) in [5.74, 6) is -1.55. The number of aromatic nitrogens is 2. The highest BCUT2D eigenvalue weighted by Crippen LogP contribution is 2.21. The van der Waals surface area contributed by atoms with Gasteiger partial charge in [-0.3, -0.25) is 14.4 Å². The number of nitrogens with one attached hydrogen (secondary N) is 2. The second-order valence-corrected chi connectivity index (χ2v) is 7.73. The van der Waals surface area contributed by atoms with Crippen LogP contribution in [-0.4, -0.2) is 52.5 Å². The van der Waals surface area contributed by atoms with Crippen LogP contribution in [0.2, 0.25) is 0 Å². The molecular weight excluding hydrogens is 397 g/mol. The molecule has 1 aromatic heterocycles. The molecule has 0 unspecified atom stereocenters. The van der Waals surface area contributed by atoms with Crippen LogP contribution in [-0.2, 0) is 4.79 Å². The van der Waals surface area contributed by atoms with Gasteiger partial charge in [-0.15, -0.1) is 10.2 Å². The van der Waals surface area contributed by atoms with Gasteiger partial charge >= 0.3 is 0 Å². The predicted octanol–water partition coefficient (Wildman–Crippen LogP) is 2.31. The van der Waals surface area contributed by atoms with Crippen LogP contribution in [0.3, 0.4) is 0 Å². The molecule has 3 amide bonds. The van der Waals surface area contributed by atoms with Crippen LogP contribution in [0.1, 0.15) is 45.8 Å². The molecule has 2 aromatic rings. The molecule has 0 radical (unpaired) electrons. The molecule has 1 aliphatic heterocycles. The van der Waals surface area contributed by atoms with E-state index in [2.05, 4.69) is 20.8 Å². The van der Waals surface area contributed by atoms with Gasteiger partial charge in [-0.25, -0.2) is 4.39 Å². The average molecular weight is 419 g/mol. The van der Waals surface area contributed by atoms with Gasteiger partial charge in [0.05, 0.1) is 5.92 Å². The number of benzene rings is 1. The molecule has 2 heterocycles. The Morgan fingerprint density at radius 1 is 1.21 bits per heavy atom. The van der Waals surface area contributed by atoms with Gasteiger partial charge in [0.15, 0.2) is 0 Å². The van der Waals surface area contributed by atoms with Crippen LogP contribution < -0.4 is 10.6 Å². The Bertz CT molecular complexity index is 886. The lowest BCUT2D eigenvalue weighted by atomic mass is 9.97. The summed E-state index contributed by atoms with van der Waals surface area (Å²) < 4.78 is 13.0. The molecule has 1 saturated heterocycles. The number of halogens is 1. The fourth-order valence-electron chi connectivity index (χ4n) is 3.02. The summed E-state index contributed by atoms with van der Waals surface area (Å²) in [7, 11) is 0. The van der Waals surface area contributed by atoms with Crippen LogP contribution in [0.15, 0.2) is 24.3 Å². The highest BCUT2D eigenvalue weighted by atomic mass is 32.1. The Balaban J connectivity index is 1.61. The lowest BCUT2D eigenvalue weighted by molar-refractivity contribution is -0.126. The minimum Gasteiger partial charge on any atom is -0.356 e. The standard InChI is InChI=1S/C19H22FN5O3S/c1-2-9-21-15(26)12-4-3-10-25(11-12)19(28)18-24-23-17(29-18)16(27)22-14-7-5-13(20)6-8-14/h5-8,12H,2-4,9-11H2,1H3,(H,21,26)(H,22,27)/t12-/m1/s1. The molecule has 0 spiro atoms. The Kier molecular flexibility index (Phi) is 6.86. The van der Waals surface area contributed by atoms with Crippen LogP contribution in [0.4, 0.5) is 10.1 Å². The number of piperidine rings is 1. The highest BCUT2D eigenvalue weighted by molar-refractivity contribution is 7.15. The summed E-state index contributed by atoms with van der Waals surface area (Å²) in [5.41, 5.74) is 0.413. The summed E-state index contributed by atoms with van der Waals surface area (Å²) in [4.78, 5) is 38.8. The van der Waals surface area contributed by atoms with E-state index in [1.54, 1.807) is 4.90 Å². The number of carbonyl (C=O) groups excluding carboxylic acids is 3. The highest BCUT2D eigenvalue weighted by Gasteiger charge is 2.30. The van der Waals surface area contributed by atoms with Gasteiger partial charge in [0.2, 0.25) is 15.9 Å². The van der Waals surface area contributed by atoms with Crippen LogP contribution in [0, 0.1) is 11.7 Å². The molecule has 154 valence electrons. The van der Waals surface area contributed by atoms with E-state index in [0.717, 1.165) is 30.6 Å². The van der Waals surface area contributed by atoms with Crippen LogP contribution in [0.25, 0.3) is 0 Å². The maximum absolute atomic E-state index is 13.0. The van der Waals surface area contributed by atoms with Crippen molar-refractivity contribution >= 4 is 34.7 Å². The Labute approximate surface area is 171 Å². The van der Waals surface area contributed by atoms with E-state index in [4.69, 9.17) is 0 Å². The fourth-order valence-corrected chi connectivity index (χ4v) is 3.73. The first-order valence-electron chi connectivity index (χ1n) is 9.45. The third kappa shape index (κ3) is 5.35. The average Bonchev–Trinajstić information content (AvgIpc) is 3.23. The minimum absolute atomic E-state index is 0.0342. The number of nitrogens with zero attached hydrogens (tertiary/aromatic N) is 3. The summed E-state index contributed by atoms with van der Waals surface area (Å²) in [6, 6.07) is 5.32. The molecule has 10 heteroatoms. The number of anilines is 1. The molecule has 3 rings (SSSR count). The second kappa shape index (κ2) is 9.55. The van der Waals surface area contributed by atoms with Gasteiger partial charge in [0.25, 0.3) is 11.8 Å². The molecular formula is C19H22FN5O3S. The molecule has 1 fully saturated rings. The van der Waals surface area contributed by atoms with E-state index < -0.39 is 11.7 Å². The number of carbonyl (C=O) groups is 3. The third-order valence-electron chi connectivity index (χ3n) is 4.53. The number of hydrogen-bond acceptors (Lipinski definition) is 6. The maximum Gasteiger partial charge on any atom is 0.286 e. The van der Waals surface area contributed by atoms with Crippen molar-refractivity contribution in [2.75, 3.05) is 25.0 Å². The van der Waals surface area contributed by atoms with Crippen molar-refractivity contribution in [1.82, 2.24) is 20.4 Å². The predicted molar refractivity (Wildman–Crippen MR) is 106 cm³/mol. The largest absolute Gasteiger partial charge is 0.356 e. The van der Waals surface area contributed by atoms with Crippen molar-refractivity contribution in [3.63, 3.8) is 0 Å². The number of amides is 3. The normalized spacial score (nSPS) is 16.3. The van der Waals surface area contributed by atoms with E-state index in [1.165, 1.54) is 24.3 Å². The van der Waals surface area contributed by atoms with Crippen molar-refractivity contribution in [3.8, 4) is 0 Å². The van der Waals surface area contributed by atoms with Gasteiger partial charge in [-0.2, -0.15) is 0 Å². The third-order valence-corrected chi connectivity index (χ3v) is 5.44. The maximum atomic E-state index is 13.0. The first kappa shape index (κ1) is 20.8. The molecule has 29 heavy (non-hydrogen) atoms. The second-order valence-electron chi connectivity index (χ2n) is 6.75. The van der Waals surface area contributed by atoms with Gasteiger partial charge < -0.3 is 15.5 Å². The zero-order chi connectivity index (χ0) is 20.8. The zero-order valence-electron chi connectivity index (χ0n) is 16.0. The van der Waals surface area contributed by atoms with E-state index in [9.17, 15) is 18.8 Å². The molecule has 2 N–H and O–H groups in total. The van der Waals surface area contributed by atoms with E-state index >= 15 is 0 Å². The first-order valence-corrected chi connectivity index (χ1v) is 10.3. The SMILES string of the molecule is CCCNC(=O)[C@@H]1CCCN(C(=O)c2nnc(C(=O)Nc3ccc(F)cc3)s2)C1. The fraction of sp³-hybridized carbons (Fsp3) is 0.421. The lowest BCUT2D eigenvalue weighted by Gasteiger charge is -2.31. The Morgan fingerprint density at radius 2 is 1.93 bits per heavy atom. The monoisotopic (exact) mass is 419 g/mol. The summed E-state index contributed by atoms with van der Waals surface area (Å²) >= 11 is 0.889. The van der Waals surface area contributed by atoms with E-state index in [1.807, 2.05) is 6.92 Å². The molecule has 8 nitrogen and oxygen atoms in total. The summed E-state index contributed by atoms with van der Waals surface area (Å²) in [6.45, 7) is 3.46. The van der Waals surface area contributed by atoms with Gasteiger partial charge in [-0.05, 0) is 43.5 Å². The molecule has 0 saturated carbocycles. The Hall–Kier alpha value is -2.88. The first-order chi connectivity index (χ1) is 14.0. The smallest absolute Gasteiger partial charge is 0.286 e. The van der Waals surface area contributed by atoms with Crippen molar-refractivity contribution in [1.29, 1.82) is 0 Å². The van der Waals surface area contributed by atoms with Gasteiger partial charge in [-0.1, -0.05) is 18.3 Å². The van der Waals surface area contributed by atoms with Gasteiger partial charge in [0.1, 0.15) is 5.82 Å². The van der Waals surface area contributed by atoms with Crippen LogP contribution in [0.5, 0.6) is 0 Å². The molecule has 1 aromatic carbocycles.